The molecule has 10 heteroatoms. The Hall–Kier alpha value is -4.05. The third-order valence-electron chi connectivity index (χ3n) is 7.90. The number of rotatable bonds is 12. The first-order valence-electron chi connectivity index (χ1n) is 14.4. The summed E-state index contributed by atoms with van der Waals surface area (Å²) in [7, 11) is 4.27. The lowest BCUT2D eigenvalue weighted by Crippen LogP contribution is -2.34. The van der Waals surface area contributed by atoms with Gasteiger partial charge in [0.1, 0.15) is 16.4 Å². The van der Waals surface area contributed by atoms with Gasteiger partial charge in [0.05, 0.1) is 26.7 Å². The van der Waals surface area contributed by atoms with Crippen LogP contribution in [0.25, 0.3) is 0 Å². The number of ether oxygens (including phenoxy) is 2. The van der Waals surface area contributed by atoms with E-state index in [0.29, 0.717) is 30.7 Å². The van der Waals surface area contributed by atoms with Crippen molar-refractivity contribution in [3.63, 3.8) is 0 Å². The fraction of sp³-hybridized carbons (Fsp3) is 0.394. The predicted octanol–water partition coefficient (Wildman–Crippen LogP) is 4.99. The Labute approximate surface area is 254 Å². The highest BCUT2D eigenvalue weighted by atomic mass is 32.2. The number of carbonyl (C=O) groups excluding carboxylic acids is 2. The molecule has 4 rings (SSSR count). The quantitative estimate of drug-likeness (QED) is 0.311. The lowest BCUT2D eigenvalue weighted by atomic mass is 9.86. The van der Waals surface area contributed by atoms with E-state index in [-0.39, 0.29) is 34.9 Å². The van der Waals surface area contributed by atoms with Gasteiger partial charge < -0.3 is 19.3 Å². The van der Waals surface area contributed by atoms with Crippen molar-refractivity contribution in [2.45, 2.75) is 55.9 Å². The van der Waals surface area contributed by atoms with Gasteiger partial charge in [0.2, 0.25) is 11.8 Å². The summed E-state index contributed by atoms with van der Waals surface area (Å²) in [6, 6.07) is 17.9. The number of amides is 2. The van der Waals surface area contributed by atoms with Crippen LogP contribution in [0.1, 0.15) is 54.0 Å². The molecule has 0 radical (unpaired) electrons. The van der Waals surface area contributed by atoms with Gasteiger partial charge in [-0.15, -0.1) is 0 Å². The van der Waals surface area contributed by atoms with E-state index in [0.717, 1.165) is 41.5 Å². The number of nitrogens with one attached hydrogen (secondary N) is 1. The number of methoxy groups -OCH3 is 2. The van der Waals surface area contributed by atoms with Crippen molar-refractivity contribution in [3.05, 3.63) is 82.9 Å². The third kappa shape index (κ3) is 7.87. The number of likely N-dealkylation sites (N-methyl/N-ethyl adjacent to an activating group) is 1. The largest absolute Gasteiger partial charge is 0.497 e. The van der Waals surface area contributed by atoms with Gasteiger partial charge in [-0.25, -0.2) is 8.42 Å². The highest BCUT2D eigenvalue weighted by Crippen LogP contribution is 2.36. The van der Waals surface area contributed by atoms with Crippen molar-refractivity contribution in [1.29, 1.82) is 0 Å². The van der Waals surface area contributed by atoms with Crippen molar-refractivity contribution in [1.82, 2.24) is 9.80 Å². The molecule has 0 saturated carbocycles. The lowest BCUT2D eigenvalue weighted by molar-refractivity contribution is -0.131. The number of sulfonamides is 1. The molecule has 1 N–H and O–H groups in total. The Bertz CT molecular complexity index is 1570. The second-order valence-electron chi connectivity index (χ2n) is 11.1. The molecule has 0 fully saturated rings. The molecule has 1 unspecified atom stereocenters. The molecular formula is C33H41N3O6S. The van der Waals surface area contributed by atoms with E-state index < -0.39 is 10.0 Å². The smallest absolute Gasteiger partial charge is 0.265 e. The summed E-state index contributed by atoms with van der Waals surface area (Å²) in [5.41, 5.74) is 4.14. The lowest BCUT2D eigenvalue weighted by Gasteiger charge is -2.34. The maximum absolute atomic E-state index is 13.6. The van der Waals surface area contributed by atoms with Crippen LogP contribution in [0.4, 0.5) is 5.69 Å². The van der Waals surface area contributed by atoms with Crippen LogP contribution in [0.3, 0.4) is 0 Å². The molecule has 1 aliphatic rings. The number of nitrogens with zero attached hydrogens (tertiary/aromatic N) is 2. The van der Waals surface area contributed by atoms with E-state index in [1.54, 1.807) is 49.2 Å². The molecule has 0 bridgehead atoms. The van der Waals surface area contributed by atoms with E-state index in [4.69, 9.17) is 9.47 Å². The first kappa shape index (κ1) is 31.9. The van der Waals surface area contributed by atoms with Gasteiger partial charge in [-0.2, -0.15) is 0 Å². The topological polar surface area (TPSA) is 105 Å². The molecular weight excluding hydrogens is 566 g/mol. The van der Waals surface area contributed by atoms with Crippen LogP contribution in [-0.4, -0.2) is 65.4 Å². The zero-order chi connectivity index (χ0) is 31.1. The second-order valence-corrected chi connectivity index (χ2v) is 12.7. The number of aryl methyl sites for hydroxylation is 2. The first-order chi connectivity index (χ1) is 20.5. The van der Waals surface area contributed by atoms with E-state index in [9.17, 15) is 18.0 Å². The van der Waals surface area contributed by atoms with E-state index in [1.807, 2.05) is 49.5 Å². The van der Waals surface area contributed by atoms with Crippen LogP contribution in [0.5, 0.6) is 11.5 Å². The normalized spacial score (nSPS) is 14.4. The van der Waals surface area contributed by atoms with Crippen LogP contribution in [0.2, 0.25) is 0 Å². The summed E-state index contributed by atoms with van der Waals surface area (Å²) < 4.78 is 40.7. The summed E-state index contributed by atoms with van der Waals surface area (Å²) in [5, 5.41) is 0. The van der Waals surface area contributed by atoms with Crippen molar-refractivity contribution >= 4 is 27.5 Å². The van der Waals surface area contributed by atoms with Gasteiger partial charge in [0.25, 0.3) is 10.0 Å². The van der Waals surface area contributed by atoms with Crippen LogP contribution in [-0.2, 0) is 38.9 Å². The molecule has 0 aromatic heterocycles. The van der Waals surface area contributed by atoms with Crippen LogP contribution in [0.15, 0.2) is 65.6 Å². The molecule has 0 heterocycles. The Morgan fingerprint density at radius 2 is 1.72 bits per heavy atom. The Morgan fingerprint density at radius 1 is 0.930 bits per heavy atom. The predicted molar refractivity (Wildman–Crippen MR) is 167 cm³/mol. The molecule has 230 valence electrons. The molecule has 9 nitrogen and oxygen atoms in total. The van der Waals surface area contributed by atoms with Gasteiger partial charge in [-0.3, -0.25) is 14.3 Å². The molecule has 0 aliphatic heterocycles. The van der Waals surface area contributed by atoms with Crippen molar-refractivity contribution in [3.8, 4) is 11.5 Å². The highest BCUT2D eigenvalue weighted by Gasteiger charge is 2.28. The van der Waals surface area contributed by atoms with Crippen molar-refractivity contribution in [2.24, 2.45) is 0 Å². The summed E-state index contributed by atoms with van der Waals surface area (Å²) in [6.45, 7) is 0. The molecule has 0 saturated heterocycles. The minimum Gasteiger partial charge on any atom is -0.497 e. The molecule has 43 heavy (non-hydrogen) atoms. The van der Waals surface area contributed by atoms with Gasteiger partial charge >= 0.3 is 0 Å². The second kappa shape index (κ2) is 13.9. The molecule has 0 spiro atoms. The molecule has 2 amide bonds. The van der Waals surface area contributed by atoms with Crippen molar-refractivity contribution < 1.29 is 27.5 Å². The number of hydrogen-bond acceptors (Lipinski definition) is 6. The standard InChI is InChI=1S/C33H41N3O6S/c1-35(2)32(37)14-7-9-23-15-18-30(42-5)31(20-23)43(39,40)34-26-17-16-25-11-8-13-29(28(25)22-26)36(3)33(38)21-24-10-6-12-27(19-24)41-4/h6,10,12,15-20,22,29,34H,7-9,11,13-14,21H2,1-5H3. The number of fused-ring (bicyclic) bond motifs is 1. The maximum atomic E-state index is 13.6. The van der Waals surface area contributed by atoms with Gasteiger partial charge in [-0.1, -0.05) is 24.3 Å². The molecule has 1 atom stereocenters. The van der Waals surface area contributed by atoms with Crippen LogP contribution >= 0.6 is 0 Å². The molecule has 3 aromatic rings. The van der Waals surface area contributed by atoms with Crippen LogP contribution < -0.4 is 14.2 Å². The summed E-state index contributed by atoms with van der Waals surface area (Å²) >= 11 is 0. The summed E-state index contributed by atoms with van der Waals surface area (Å²) in [6.07, 6.45) is 4.37. The summed E-state index contributed by atoms with van der Waals surface area (Å²) in [4.78, 5) is 28.6. The number of benzene rings is 3. The van der Waals surface area contributed by atoms with Crippen molar-refractivity contribution in [2.75, 3.05) is 40.1 Å². The highest BCUT2D eigenvalue weighted by molar-refractivity contribution is 7.92. The zero-order valence-electron chi connectivity index (χ0n) is 25.6. The third-order valence-corrected chi connectivity index (χ3v) is 9.31. The average Bonchev–Trinajstić information content (AvgIpc) is 3.00. The Balaban J connectivity index is 1.53. The molecule has 3 aromatic carbocycles. The summed E-state index contributed by atoms with van der Waals surface area (Å²) in [5.74, 6) is 0.945. The van der Waals surface area contributed by atoms with Gasteiger partial charge in [0, 0.05) is 33.3 Å². The number of carbonyl (C=O) groups is 2. The fourth-order valence-corrected chi connectivity index (χ4v) is 6.73. The number of anilines is 1. The SMILES string of the molecule is COc1cccc(CC(=O)N(C)C2CCCc3ccc(NS(=O)(=O)c4cc(CCCC(=O)N(C)C)ccc4OC)cc32)c1. The molecule has 1 aliphatic carbocycles. The van der Waals surface area contributed by atoms with Gasteiger partial charge in [-0.05, 0) is 90.8 Å². The monoisotopic (exact) mass is 607 g/mol. The fourth-order valence-electron chi connectivity index (χ4n) is 5.46. The Kier molecular flexibility index (Phi) is 10.3. The van der Waals surface area contributed by atoms with E-state index >= 15 is 0 Å². The first-order valence-corrected chi connectivity index (χ1v) is 15.9. The van der Waals surface area contributed by atoms with E-state index in [1.165, 1.54) is 7.11 Å². The van der Waals surface area contributed by atoms with E-state index in [2.05, 4.69) is 4.72 Å². The number of hydrogen-bond donors (Lipinski definition) is 1. The average molecular weight is 608 g/mol. The van der Waals surface area contributed by atoms with Crippen LogP contribution in [0, 0.1) is 0 Å². The minimum atomic E-state index is -4.00. The van der Waals surface area contributed by atoms with Gasteiger partial charge in [0.15, 0.2) is 0 Å². The zero-order valence-corrected chi connectivity index (χ0v) is 26.4. The maximum Gasteiger partial charge on any atom is 0.265 e. The Morgan fingerprint density at radius 3 is 2.44 bits per heavy atom. The minimum absolute atomic E-state index is 0.0223.